The number of ether oxygens (including phenoxy) is 4. The van der Waals surface area contributed by atoms with Gasteiger partial charge in [-0.25, -0.2) is 26.7 Å². The van der Waals surface area contributed by atoms with E-state index >= 15 is 8.78 Å². The van der Waals surface area contributed by atoms with Crippen LogP contribution in [0.5, 0.6) is 11.8 Å². The number of hydrogen-bond acceptors (Lipinski definition) is 10. The van der Waals surface area contributed by atoms with Crippen LogP contribution < -0.4 is 14.4 Å². The van der Waals surface area contributed by atoms with Crippen molar-refractivity contribution in [1.29, 1.82) is 0 Å². The summed E-state index contributed by atoms with van der Waals surface area (Å²) >= 11 is 0. The van der Waals surface area contributed by atoms with Crippen LogP contribution in [0.2, 0.25) is 0 Å². The number of carbonyl (C=O) groups is 1. The standard InChI is InChI=1S/C42H43F5N6O5/c1-6-28-31(44)10-7-23-11-27(57-22-55-5)12-29(32(23)28)34-33(45)35-30(14-48-34)36(51-16-25-8-9-26(17-51)53(25)38(54)58-39(2,3)4)50-37(49-35)56-21-41-13-24(43)15-52(41)20-40(18-41)19-42(40,46)47/h1,7,10-12,14,24-26H,8-9,13,15-22H2,2-5H3/t24?,25?,26?,40-,41?/m0/s1. The molecule has 4 aromatic rings. The van der Waals surface area contributed by atoms with Gasteiger partial charge >= 0.3 is 12.1 Å². The summed E-state index contributed by atoms with van der Waals surface area (Å²) in [5.74, 6) is -1.45. The first-order chi connectivity index (χ1) is 27.5. The normalized spacial score (nSPS) is 27.3. The molecule has 2 aromatic carbocycles. The number of carbonyl (C=O) groups excluding carboxylic acids is 1. The van der Waals surface area contributed by atoms with Crippen LogP contribution in [0.15, 0.2) is 30.5 Å². The Kier molecular flexibility index (Phi) is 8.98. The Morgan fingerprint density at radius 3 is 2.47 bits per heavy atom. The highest BCUT2D eigenvalue weighted by molar-refractivity contribution is 6.03. The molecule has 2 aromatic heterocycles. The lowest BCUT2D eigenvalue weighted by atomic mass is 9.88. The van der Waals surface area contributed by atoms with Crippen molar-refractivity contribution in [3.05, 3.63) is 47.7 Å². The molecule has 1 amide bonds. The van der Waals surface area contributed by atoms with Crippen molar-refractivity contribution >= 4 is 33.6 Å². The van der Waals surface area contributed by atoms with Crippen molar-refractivity contribution in [2.45, 2.75) is 88.2 Å². The number of terminal acetylenes is 1. The van der Waals surface area contributed by atoms with Crippen molar-refractivity contribution < 1.29 is 45.7 Å². The lowest BCUT2D eigenvalue weighted by Gasteiger charge is -2.42. The van der Waals surface area contributed by atoms with E-state index < -0.39 is 46.4 Å². The number of amides is 1. The highest BCUT2D eigenvalue weighted by Gasteiger charge is 2.77. The third-order valence-corrected chi connectivity index (χ3v) is 12.3. The molecule has 1 spiro atoms. The first-order valence-corrected chi connectivity index (χ1v) is 19.4. The molecule has 11 nitrogen and oxygen atoms in total. The molecule has 9 rings (SSSR count). The van der Waals surface area contributed by atoms with Crippen LogP contribution in [-0.2, 0) is 9.47 Å². The number of benzene rings is 2. The Labute approximate surface area is 331 Å². The molecule has 6 heterocycles. The van der Waals surface area contributed by atoms with E-state index in [4.69, 9.17) is 30.4 Å². The summed E-state index contributed by atoms with van der Waals surface area (Å²) in [4.78, 5) is 32.7. The molecule has 4 unspecified atom stereocenters. The topological polar surface area (TPSA) is 102 Å². The molecule has 5 atom stereocenters. The predicted octanol–water partition coefficient (Wildman–Crippen LogP) is 7.27. The zero-order valence-corrected chi connectivity index (χ0v) is 32.6. The number of nitrogens with zero attached hydrogens (tertiary/aromatic N) is 6. The van der Waals surface area contributed by atoms with Gasteiger partial charge in [-0.15, -0.1) is 6.42 Å². The van der Waals surface area contributed by atoms with Crippen molar-refractivity contribution in [2.75, 3.05) is 51.6 Å². The first kappa shape index (κ1) is 38.5. The third-order valence-electron chi connectivity index (χ3n) is 12.3. The van der Waals surface area contributed by atoms with Gasteiger partial charge in [-0.3, -0.25) is 14.8 Å². The van der Waals surface area contributed by atoms with Crippen molar-refractivity contribution in [3.8, 4) is 35.4 Å². The summed E-state index contributed by atoms with van der Waals surface area (Å²) in [6, 6.07) is 5.14. The Morgan fingerprint density at radius 2 is 1.79 bits per heavy atom. The largest absolute Gasteiger partial charge is 0.468 e. The summed E-state index contributed by atoms with van der Waals surface area (Å²) in [5.41, 5.74) is -3.28. The fraction of sp³-hybridized carbons (Fsp3) is 0.524. The summed E-state index contributed by atoms with van der Waals surface area (Å²) in [7, 11) is 1.45. The molecule has 4 aliphatic heterocycles. The van der Waals surface area contributed by atoms with Gasteiger partial charge in [0.15, 0.2) is 12.6 Å². The van der Waals surface area contributed by atoms with Gasteiger partial charge in [-0.05, 0) is 63.6 Å². The lowest BCUT2D eigenvalue weighted by Crippen LogP contribution is -2.57. The van der Waals surface area contributed by atoms with Crippen molar-refractivity contribution in [3.63, 3.8) is 0 Å². The van der Waals surface area contributed by atoms with Crippen LogP contribution in [-0.4, -0.2) is 113 Å². The average molecular weight is 807 g/mol. The van der Waals surface area contributed by atoms with Crippen LogP contribution in [0.4, 0.5) is 32.6 Å². The van der Waals surface area contributed by atoms with Crippen LogP contribution in [0.1, 0.15) is 58.4 Å². The summed E-state index contributed by atoms with van der Waals surface area (Å²) < 4.78 is 99.6. The highest BCUT2D eigenvalue weighted by atomic mass is 19.3. The summed E-state index contributed by atoms with van der Waals surface area (Å²) in [6.45, 7) is 5.85. The molecule has 1 saturated carbocycles. The monoisotopic (exact) mass is 806 g/mol. The number of alkyl halides is 3. The van der Waals surface area contributed by atoms with E-state index in [-0.39, 0.29) is 109 Å². The minimum absolute atomic E-state index is 0.00626. The third kappa shape index (κ3) is 6.32. The van der Waals surface area contributed by atoms with Gasteiger partial charge in [0.05, 0.1) is 34.0 Å². The average Bonchev–Trinajstić information content (AvgIpc) is 3.35. The smallest absolute Gasteiger partial charge is 0.410 e. The van der Waals surface area contributed by atoms with Gasteiger partial charge in [0.1, 0.15) is 47.0 Å². The SMILES string of the molecule is C#Cc1c(F)ccc2cc(OCOC)cc(-c3ncc4c(N5CC6CCC(C5)N6C(=O)OC(C)(C)C)nc(OCC56CC(F)CN5C[C@]5(C6)CC5(F)F)nc4c3F)c12. The fourth-order valence-electron chi connectivity index (χ4n) is 9.81. The van der Waals surface area contributed by atoms with Crippen molar-refractivity contribution in [2.24, 2.45) is 5.41 Å². The molecule has 0 radical (unpaired) electrons. The Bertz CT molecular complexity index is 2380. The van der Waals surface area contributed by atoms with E-state index in [1.807, 2.05) is 25.7 Å². The second-order valence-corrected chi connectivity index (χ2v) is 17.4. The van der Waals surface area contributed by atoms with Gasteiger partial charge in [0.25, 0.3) is 5.92 Å². The second kappa shape index (κ2) is 13.5. The summed E-state index contributed by atoms with van der Waals surface area (Å²) in [6.07, 6.45) is 6.79. The number of pyridine rings is 1. The molecule has 5 aliphatic rings. The highest BCUT2D eigenvalue weighted by Crippen LogP contribution is 2.69. The number of anilines is 1. The maximum absolute atomic E-state index is 17.4. The molecular formula is C42H43F5N6O5. The molecule has 4 saturated heterocycles. The Morgan fingerprint density at radius 1 is 1.05 bits per heavy atom. The summed E-state index contributed by atoms with van der Waals surface area (Å²) in [5, 5.41) is 0.930. The van der Waals surface area contributed by atoms with E-state index in [1.165, 1.54) is 31.5 Å². The molecule has 58 heavy (non-hydrogen) atoms. The quantitative estimate of drug-likeness (QED) is 0.103. The second-order valence-electron chi connectivity index (χ2n) is 17.4. The van der Waals surface area contributed by atoms with Gasteiger partial charge in [0.2, 0.25) is 0 Å². The van der Waals surface area contributed by atoms with Gasteiger partial charge in [-0.1, -0.05) is 12.0 Å². The van der Waals surface area contributed by atoms with Gasteiger partial charge < -0.3 is 23.8 Å². The van der Waals surface area contributed by atoms with Crippen LogP contribution in [0.25, 0.3) is 32.9 Å². The number of rotatable bonds is 8. The molecule has 1 aliphatic carbocycles. The maximum Gasteiger partial charge on any atom is 0.410 e. The maximum atomic E-state index is 17.4. The fourth-order valence-corrected chi connectivity index (χ4v) is 9.81. The number of halogens is 5. The number of aromatic nitrogens is 3. The molecule has 0 N–H and O–H groups in total. The first-order valence-electron chi connectivity index (χ1n) is 19.4. The number of fused-ring (bicyclic) bond motifs is 5. The lowest BCUT2D eigenvalue weighted by molar-refractivity contribution is 0.0122. The molecule has 16 heteroatoms. The Balaban J connectivity index is 1.15. The van der Waals surface area contributed by atoms with E-state index in [0.717, 1.165) is 0 Å². The van der Waals surface area contributed by atoms with E-state index in [2.05, 4.69) is 15.9 Å². The minimum atomic E-state index is -2.84. The number of hydrogen-bond donors (Lipinski definition) is 0. The predicted molar refractivity (Wildman–Crippen MR) is 204 cm³/mol. The van der Waals surface area contributed by atoms with Crippen LogP contribution >= 0.6 is 0 Å². The molecular weight excluding hydrogens is 763 g/mol. The van der Waals surface area contributed by atoms with Crippen molar-refractivity contribution in [1.82, 2.24) is 24.8 Å². The number of methoxy groups -OCH3 is 1. The van der Waals surface area contributed by atoms with Crippen LogP contribution in [0.3, 0.4) is 0 Å². The zero-order chi connectivity index (χ0) is 40.9. The van der Waals surface area contributed by atoms with Crippen LogP contribution in [0, 0.1) is 29.4 Å². The molecule has 2 bridgehead atoms. The van der Waals surface area contributed by atoms with E-state index in [1.54, 1.807) is 15.9 Å². The Hall–Kier alpha value is -5.01. The molecule has 5 fully saturated rings. The van der Waals surface area contributed by atoms with Gasteiger partial charge in [0, 0.05) is 63.3 Å². The zero-order valence-electron chi connectivity index (χ0n) is 32.6. The van der Waals surface area contributed by atoms with Gasteiger partial charge in [-0.2, -0.15) is 9.97 Å². The number of piperazine rings is 1. The van der Waals surface area contributed by atoms with E-state index in [0.29, 0.717) is 31.3 Å². The van der Waals surface area contributed by atoms with E-state index in [9.17, 15) is 18.0 Å². The minimum Gasteiger partial charge on any atom is -0.468 e. The molecule has 306 valence electrons.